The molecule has 5 nitrogen and oxygen atoms in total. The predicted molar refractivity (Wildman–Crippen MR) is 118 cm³/mol. The van der Waals surface area contributed by atoms with Gasteiger partial charge in [0.2, 0.25) is 0 Å². The van der Waals surface area contributed by atoms with Crippen molar-refractivity contribution in [3.05, 3.63) is 65.7 Å². The van der Waals surface area contributed by atoms with Gasteiger partial charge in [-0.3, -0.25) is 4.79 Å². The van der Waals surface area contributed by atoms with E-state index in [-0.39, 0.29) is 12.5 Å². The molecule has 0 N–H and O–H groups in total. The monoisotopic (exact) mass is 407 g/mol. The van der Waals surface area contributed by atoms with E-state index in [2.05, 4.69) is 13.8 Å². The highest BCUT2D eigenvalue weighted by Gasteiger charge is 2.26. The third-order valence-electron chi connectivity index (χ3n) is 5.29. The smallest absolute Gasteiger partial charge is 0.339 e. The number of carbonyl (C=O) groups excluding carboxylic acids is 2. The average molecular weight is 408 g/mol. The van der Waals surface area contributed by atoms with Gasteiger partial charge >= 0.3 is 5.97 Å². The second-order valence-electron chi connectivity index (χ2n) is 7.99. The van der Waals surface area contributed by atoms with Crippen LogP contribution in [-0.2, 0) is 14.3 Å². The molecule has 0 radical (unpaired) electrons. The summed E-state index contributed by atoms with van der Waals surface area (Å²) < 4.78 is 10.9. The quantitative estimate of drug-likeness (QED) is 0.407. The van der Waals surface area contributed by atoms with Gasteiger partial charge in [0.15, 0.2) is 6.61 Å². The van der Waals surface area contributed by atoms with Crippen LogP contribution in [0.15, 0.2) is 54.6 Å². The van der Waals surface area contributed by atoms with Gasteiger partial charge in [0.05, 0.1) is 12.7 Å². The number of amides is 1. The van der Waals surface area contributed by atoms with Gasteiger partial charge in [0.1, 0.15) is 5.75 Å². The molecule has 1 amide bonds. The van der Waals surface area contributed by atoms with E-state index >= 15 is 0 Å². The molecular weight excluding hydrogens is 378 g/mol. The number of para-hydroxylation sites is 1. The summed E-state index contributed by atoms with van der Waals surface area (Å²) in [5.41, 5.74) is 1.87. The number of methoxy groups -OCH3 is 1. The molecule has 1 aliphatic rings. The summed E-state index contributed by atoms with van der Waals surface area (Å²) in [6.45, 7) is 5.46. The lowest BCUT2D eigenvalue weighted by Gasteiger charge is -2.34. The molecule has 158 valence electrons. The van der Waals surface area contributed by atoms with Crippen molar-refractivity contribution in [1.82, 2.24) is 4.90 Å². The van der Waals surface area contributed by atoms with E-state index in [0.717, 1.165) is 17.5 Å². The highest BCUT2D eigenvalue weighted by Crippen LogP contribution is 2.26. The van der Waals surface area contributed by atoms with Crippen LogP contribution in [0.3, 0.4) is 0 Å². The molecule has 2 atom stereocenters. The number of nitrogens with zero attached hydrogens (tertiary/aromatic N) is 1. The Morgan fingerprint density at radius 2 is 1.63 bits per heavy atom. The highest BCUT2D eigenvalue weighted by atomic mass is 16.5. The lowest BCUT2D eigenvalue weighted by molar-refractivity contribution is -0.148. The van der Waals surface area contributed by atoms with Crippen molar-refractivity contribution in [2.75, 3.05) is 26.8 Å². The minimum Gasteiger partial charge on any atom is -0.496 e. The van der Waals surface area contributed by atoms with Crippen molar-refractivity contribution < 1.29 is 19.1 Å². The van der Waals surface area contributed by atoms with Gasteiger partial charge < -0.3 is 14.4 Å². The van der Waals surface area contributed by atoms with E-state index in [1.165, 1.54) is 0 Å². The molecule has 30 heavy (non-hydrogen) atoms. The molecular formula is C25H29NO4. The van der Waals surface area contributed by atoms with Crippen LogP contribution < -0.4 is 4.74 Å². The Kier molecular flexibility index (Phi) is 7.28. The van der Waals surface area contributed by atoms with Crippen molar-refractivity contribution in [3.8, 4) is 5.75 Å². The number of esters is 1. The van der Waals surface area contributed by atoms with Crippen LogP contribution in [0.2, 0.25) is 0 Å². The highest BCUT2D eigenvalue weighted by molar-refractivity contribution is 6.22. The number of carbonyl (C=O) groups is 2. The van der Waals surface area contributed by atoms with Crippen LogP contribution in [0.25, 0.3) is 11.6 Å². The maximum absolute atomic E-state index is 13.0. The molecule has 1 heterocycles. The first-order chi connectivity index (χ1) is 14.5. The minimum absolute atomic E-state index is 0.147. The first kappa shape index (κ1) is 21.6. The van der Waals surface area contributed by atoms with Gasteiger partial charge in [-0.15, -0.1) is 0 Å². The minimum atomic E-state index is -0.529. The summed E-state index contributed by atoms with van der Waals surface area (Å²) >= 11 is 0. The number of piperidine rings is 1. The Hall–Kier alpha value is -3.08. The second-order valence-corrected chi connectivity index (χ2v) is 7.99. The summed E-state index contributed by atoms with van der Waals surface area (Å²) in [5, 5.41) is 0. The van der Waals surface area contributed by atoms with Crippen LogP contribution in [0.4, 0.5) is 0 Å². The predicted octanol–water partition coefficient (Wildman–Crippen LogP) is 4.28. The molecule has 0 bridgehead atoms. The van der Waals surface area contributed by atoms with Crippen molar-refractivity contribution in [1.29, 1.82) is 0 Å². The first-order valence-corrected chi connectivity index (χ1v) is 10.3. The fraction of sp³-hybridized carbons (Fsp3) is 0.360. The molecule has 0 unspecified atom stereocenters. The van der Waals surface area contributed by atoms with E-state index < -0.39 is 5.97 Å². The maximum Gasteiger partial charge on any atom is 0.339 e. The van der Waals surface area contributed by atoms with Crippen molar-refractivity contribution in [3.63, 3.8) is 0 Å². The maximum atomic E-state index is 13.0. The molecule has 0 aliphatic carbocycles. The number of likely N-dealkylation sites (tertiary alicyclic amines) is 1. The normalized spacial score (nSPS) is 19.3. The summed E-state index contributed by atoms with van der Waals surface area (Å²) in [6.07, 6.45) is 2.86. The topological polar surface area (TPSA) is 55.8 Å². The summed E-state index contributed by atoms with van der Waals surface area (Å²) in [5.74, 6) is 0.897. The Morgan fingerprint density at radius 3 is 2.30 bits per heavy atom. The van der Waals surface area contributed by atoms with Crippen molar-refractivity contribution in [2.45, 2.75) is 20.3 Å². The largest absolute Gasteiger partial charge is 0.496 e. The van der Waals surface area contributed by atoms with Gasteiger partial charge in [0, 0.05) is 18.7 Å². The number of hydrogen-bond acceptors (Lipinski definition) is 4. The second kappa shape index (κ2) is 10.1. The van der Waals surface area contributed by atoms with E-state index in [0.29, 0.717) is 36.2 Å². The summed E-state index contributed by atoms with van der Waals surface area (Å²) in [4.78, 5) is 27.4. The van der Waals surface area contributed by atoms with Gasteiger partial charge in [-0.1, -0.05) is 62.4 Å². The number of hydrogen-bond donors (Lipinski definition) is 0. The summed E-state index contributed by atoms with van der Waals surface area (Å²) in [6, 6.07) is 16.8. The molecule has 2 aromatic rings. The van der Waals surface area contributed by atoms with Gasteiger partial charge in [-0.2, -0.15) is 0 Å². The Bertz CT molecular complexity index is 896. The molecule has 1 saturated heterocycles. The molecule has 0 spiro atoms. The van der Waals surface area contributed by atoms with Gasteiger partial charge in [-0.05, 0) is 36.0 Å². The molecule has 1 aliphatic heterocycles. The zero-order valence-electron chi connectivity index (χ0n) is 17.8. The number of rotatable bonds is 6. The molecule has 0 aromatic heterocycles. The fourth-order valence-corrected chi connectivity index (χ4v) is 3.98. The molecule has 5 heteroatoms. The van der Waals surface area contributed by atoms with E-state index in [1.54, 1.807) is 18.1 Å². The Labute approximate surface area is 178 Å². The third-order valence-corrected chi connectivity index (χ3v) is 5.29. The zero-order valence-corrected chi connectivity index (χ0v) is 17.8. The SMILES string of the molecule is COc1ccccc1/C=C(/C(=O)OCC(=O)N1C[C@@H](C)C[C@H](C)C1)c1ccccc1. The lowest BCUT2D eigenvalue weighted by atomic mass is 9.92. The first-order valence-electron chi connectivity index (χ1n) is 10.3. The van der Waals surface area contributed by atoms with Crippen LogP contribution in [0, 0.1) is 11.8 Å². The Balaban J connectivity index is 1.78. The number of ether oxygens (including phenoxy) is 2. The molecule has 2 aromatic carbocycles. The third kappa shape index (κ3) is 5.50. The molecule has 1 fully saturated rings. The molecule has 3 rings (SSSR count). The number of benzene rings is 2. The molecule has 0 saturated carbocycles. The fourth-order valence-electron chi connectivity index (χ4n) is 3.98. The van der Waals surface area contributed by atoms with Crippen LogP contribution in [-0.4, -0.2) is 43.6 Å². The van der Waals surface area contributed by atoms with Crippen LogP contribution >= 0.6 is 0 Å². The summed E-state index contributed by atoms with van der Waals surface area (Å²) in [7, 11) is 1.59. The van der Waals surface area contributed by atoms with Crippen LogP contribution in [0.1, 0.15) is 31.4 Å². The Morgan fingerprint density at radius 1 is 1.00 bits per heavy atom. The zero-order chi connectivity index (χ0) is 21.5. The van der Waals surface area contributed by atoms with E-state index in [1.807, 2.05) is 54.6 Å². The van der Waals surface area contributed by atoms with Crippen molar-refractivity contribution in [2.24, 2.45) is 11.8 Å². The lowest BCUT2D eigenvalue weighted by Crippen LogP contribution is -2.44. The van der Waals surface area contributed by atoms with Gasteiger partial charge in [-0.25, -0.2) is 4.79 Å². The van der Waals surface area contributed by atoms with Gasteiger partial charge in [0.25, 0.3) is 5.91 Å². The standard InChI is InChI=1S/C25H29NO4/c1-18-13-19(2)16-26(15-18)24(27)17-30-25(28)22(20-9-5-4-6-10-20)14-21-11-7-8-12-23(21)29-3/h4-12,14,18-19H,13,15-17H2,1-3H3/b22-14+/t18-,19-/m0/s1. The average Bonchev–Trinajstić information content (AvgIpc) is 2.75. The van der Waals surface area contributed by atoms with Crippen LogP contribution in [0.5, 0.6) is 5.75 Å². The van der Waals surface area contributed by atoms with Crippen molar-refractivity contribution >= 4 is 23.5 Å². The van der Waals surface area contributed by atoms with E-state index in [4.69, 9.17) is 9.47 Å². The van der Waals surface area contributed by atoms with E-state index in [9.17, 15) is 9.59 Å².